The molecule has 13 nitrogen and oxygen atoms in total. The van der Waals surface area contributed by atoms with E-state index < -0.39 is 59.8 Å². The van der Waals surface area contributed by atoms with Crippen LogP contribution in [-0.2, 0) is 33.3 Å². The number of ether oxygens (including phenoxy) is 4. The molecule has 312 valence electrons. The zero-order valence-corrected chi connectivity index (χ0v) is 34.2. The maximum atomic E-state index is 12.4. The number of benzene rings is 4. The molecule has 59 heavy (non-hydrogen) atoms. The Bertz CT molecular complexity index is 2060. The number of rotatable bonds is 12. The van der Waals surface area contributed by atoms with Crippen LogP contribution in [0, 0.1) is 0 Å². The molecule has 0 fully saturated rings. The van der Waals surface area contributed by atoms with E-state index in [1.54, 1.807) is 41.5 Å². The number of alkyl carbamates (subject to hydrolysis) is 2. The second-order valence-electron chi connectivity index (χ2n) is 16.2. The van der Waals surface area contributed by atoms with Crippen molar-refractivity contribution >= 4 is 30.1 Å². The van der Waals surface area contributed by atoms with Gasteiger partial charge in [0, 0.05) is 24.9 Å². The number of esters is 2. The first-order chi connectivity index (χ1) is 28.0. The molecule has 2 aliphatic carbocycles. The second kappa shape index (κ2) is 19.0. The van der Waals surface area contributed by atoms with Crippen molar-refractivity contribution in [3.05, 3.63) is 119 Å². The Balaban J connectivity index is 0.000000224. The fraction of sp³-hybridized carbons (Fsp3) is 0.370. The van der Waals surface area contributed by atoms with E-state index in [0.29, 0.717) is 0 Å². The topological polar surface area (TPSA) is 187 Å². The van der Waals surface area contributed by atoms with Gasteiger partial charge in [0.1, 0.15) is 36.5 Å². The summed E-state index contributed by atoms with van der Waals surface area (Å²) in [6.07, 6.45) is -2.12. The normalized spacial score (nSPS) is 13.8. The Morgan fingerprint density at radius 3 is 1.20 bits per heavy atom. The number of carbonyl (C=O) groups is 5. The summed E-state index contributed by atoms with van der Waals surface area (Å²) in [5.74, 6) is -2.85. The number of aliphatic hydroxyl groups is 1. The van der Waals surface area contributed by atoms with Gasteiger partial charge in [0.25, 0.3) is 0 Å². The van der Waals surface area contributed by atoms with Crippen molar-refractivity contribution in [2.45, 2.75) is 89.5 Å². The molecule has 2 amide bonds. The van der Waals surface area contributed by atoms with E-state index in [2.05, 4.69) is 22.8 Å². The third-order valence-electron chi connectivity index (χ3n) is 9.45. The van der Waals surface area contributed by atoms with Gasteiger partial charge in [0.15, 0.2) is 0 Å². The Morgan fingerprint density at radius 1 is 0.559 bits per heavy atom. The SMILES string of the molecule is CC(C)(C)OC(=O)[C@H](CC(=O)O)NC(=O)OCC1c2ccccc2-c2ccccc21.CC(C)(C)OC(=O)[C@H](CCO)NC(=O)OCC1c2ccccc2-c2ccccc21. The molecule has 4 aromatic rings. The summed E-state index contributed by atoms with van der Waals surface area (Å²) >= 11 is 0. The number of aliphatic hydroxyl groups excluding tert-OH is 1. The Hall–Kier alpha value is -6.21. The maximum Gasteiger partial charge on any atom is 0.407 e. The first-order valence-electron chi connectivity index (χ1n) is 19.5. The van der Waals surface area contributed by atoms with Crippen molar-refractivity contribution in [2.75, 3.05) is 19.8 Å². The van der Waals surface area contributed by atoms with Crippen molar-refractivity contribution < 1.29 is 53.1 Å². The average molecular weight is 809 g/mol. The summed E-state index contributed by atoms with van der Waals surface area (Å²) in [7, 11) is 0. The Labute approximate surface area is 344 Å². The lowest BCUT2D eigenvalue weighted by molar-refractivity contribution is -0.160. The van der Waals surface area contributed by atoms with Crippen molar-refractivity contribution in [3.63, 3.8) is 0 Å². The maximum absolute atomic E-state index is 12.4. The molecule has 4 N–H and O–H groups in total. The third kappa shape index (κ3) is 11.7. The van der Waals surface area contributed by atoms with Gasteiger partial charge in [0.05, 0.1) is 6.42 Å². The number of hydrogen-bond acceptors (Lipinski definition) is 10. The van der Waals surface area contributed by atoms with Crippen LogP contribution in [0.5, 0.6) is 0 Å². The van der Waals surface area contributed by atoms with E-state index in [0.717, 1.165) is 44.5 Å². The van der Waals surface area contributed by atoms with E-state index in [1.165, 1.54) is 0 Å². The lowest BCUT2D eigenvalue weighted by atomic mass is 9.98. The molecule has 6 rings (SSSR count). The second-order valence-corrected chi connectivity index (χ2v) is 16.2. The van der Waals surface area contributed by atoms with Gasteiger partial charge in [-0.15, -0.1) is 0 Å². The van der Waals surface area contributed by atoms with Gasteiger partial charge in [0.2, 0.25) is 0 Å². The summed E-state index contributed by atoms with van der Waals surface area (Å²) in [4.78, 5) is 60.3. The molecule has 4 aromatic carbocycles. The van der Waals surface area contributed by atoms with Crippen molar-refractivity contribution in [1.82, 2.24) is 10.6 Å². The molecule has 0 radical (unpaired) electrons. The minimum absolute atomic E-state index is 0.0547. The Morgan fingerprint density at radius 2 is 0.881 bits per heavy atom. The molecule has 0 spiro atoms. The van der Waals surface area contributed by atoms with Crippen LogP contribution in [0.3, 0.4) is 0 Å². The lowest BCUT2D eigenvalue weighted by Crippen LogP contribution is -2.45. The molecular formula is C46H52N2O11. The zero-order chi connectivity index (χ0) is 42.9. The summed E-state index contributed by atoms with van der Waals surface area (Å²) in [5.41, 5.74) is 7.32. The van der Waals surface area contributed by atoms with Gasteiger partial charge < -0.3 is 39.8 Å². The van der Waals surface area contributed by atoms with Crippen molar-refractivity contribution in [1.29, 1.82) is 0 Å². The monoisotopic (exact) mass is 808 g/mol. The molecular weight excluding hydrogens is 757 g/mol. The number of aliphatic carboxylic acids is 1. The fourth-order valence-corrected chi connectivity index (χ4v) is 7.06. The average Bonchev–Trinajstić information content (AvgIpc) is 3.67. The molecule has 0 bridgehead atoms. The zero-order valence-electron chi connectivity index (χ0n) is 34.2. The van der Waals surface area contributed by atoms with Gasteiger partial charge in [-0.25, -0.2) is 19.2 Å². The van der Waals surface area contributed by atoms with Crippen LogP contribution < -0.4 is 10.6 Å². The van der Waals surface area contributed by atoms with Crippen LogP contribution in [0.15, 0.2) is 97.1 Å². The van der Waals surface area contributed by atoms with E-state index in [4.69, 9.17) is 24.1 Å². The molecule has 13 heteroatoms. The molecule has 0 heterocycles. The number of carboxylic acids is 1. The quantitative estimate of drug-likeness (QED) is 0.0830. The summed E-state index contributed by atoms with van der Waals surface area (Å²) in [6.45, 7) is 10.2. The van der Waals surface area contributed by atoms with Gasteiger partial charge >= 0.3 is 30.1 Å². The summed E-state index contributed by atoms with van der Waals surface area (Å²) in [5, 5.41) is 23.1. The molecule has 0 saturated carbocycles. The lowest BCUT2D eigenvalue weighted by Gasteiger charge is -2.24. The summed E-state index contributed by atoms with van der Waals surface area (Å²) in [6, 6.07) is 29.7. The number of carbonyl (C=O) groups excluding carboxylic acids is 4. The van der Waals surface area contributed by atoms with Crippen LogP contribution in [0.1, 0.15) is 88.5 Å². The van der Waals surface area contributed by atoms with Crippen LogP contribution >= 0.6 is 0 Å². The van der Waals surface area contributed by atoms with Gasteiger partial charge in [-0.3, -0.25) is 4.79 Å². The minimum Gasteiger partial charge on any atom is -0.481 e. The first kappa shape index (κ1) is 43.9. The van der Waals surface area contributed by atoms with E-state index in [9.17, 15) is 29.1 Å². The van der Waals surface area contributed by atoms with E-state index in [1.807, 2.05) is 84.9 Å². The number of carboxylic acid groups (broad SMARTS) is 1. The molecule has 0 unspecified atom stereocenters. The molecule has 0 aromatic heterocycles. The minimum atomic E-state index is -1.34. The number of nitrogens with one attached hydrogen (secondary N) is 2. The van der Waals surface area contributed by atoms with Crippen LogP contribution in [0.25, 0.3) is 22.3 Å². The molecule has 2 aliphatic rings. The van der Waals surface area contributed by atoms with E-state index in [-0.39, 0.29) is 38.1 Å². The van der Waals surface area contributed by atoms with Crippen LogP contribution in [-0.4, -0.2) is 83.4 Å². The fourth-order valence-electron chi connectivity index (χ4n) is 7.06. The number of amides is 2. The highest BCUT2D eigenvalue weighted by Crippen LogP contribution is 2.45. The smallest absolute Gasteiger partial charge is 0.407 e. The predicted octanol–water partition coefficient (Wildman–Crippen LogP) is 7.33. The van der Waals surface area contributed by atoms with Crippen molar-refractivity contribution in [3.8, 4) is 22.3 Å². The molecule has 2 atom stereocenters. The number of fused-ring (bicyclic) bond motifs is 6. The highest BCUT2D eigenvalue weighted by molar-refractivity contribution is 5.86. The van der Waals surface area contributed by atoms with Gasteiger partial charge in [-0.05, 0) is 86.1 Å². The summed E-state index contributed by atoms with van der Waals surface area (Å²) < 4.78 is 21.3. The Kier molecular flexibility index (Phi) is 14.2. The van der Waals surface area contributed by atoms with Crippen molar-refractivity contribution in [2.24, 2.45) is 0 Å². The highest BCUT2D eigenvalue weighted by atomic mass is 16.6. The first-order valence-corrected chi connectivity index (χ1v) is 19.5. The van der Waals surface area contributed by atoms with Gasteiger partial charge in [-0.2, -0.15) is 0 Å². The van der Waals surface area contributed by atoms with Crippen LogP contribution in [0.4, 0.5) is 9.59 Å². The molecule has 0 aliphatic heterocycles. The standard InChI is InChI=1S/C23H25NO6.C23H27NO5/c1-23(2,3)30-21(27)19(12-20(25)26)24-22(28)29-13-18-16-10-6-4-8-14(16)15-9-5-7-11-17(15)18;1-23(2,3)29-21(26)20(12-13-25)24-22(27)28-14-19-17-10-6-4-8-15(17)16-9-5-7-11-18(16)19/h4-11,18-19H,12-13H2,1-3H3,(H,24,28)(H,25,26);4-11,19-20,25H,12-14H2,1-3H3,(H,24,27)/t19-;20-/m00/s1. The number of hydrogen-bond donors (Lipinski definition) is 4. The van der Waals surface area contributed by atoms with E-state index >= 15 is 0 Å². The largest absolute Gasteiger partial charge is 0.481 e. The predicted molar refractivity (Wildman–Crippen MR) is 220 cm³/mol. The third-order valence-corrected chi connectivity index (χ3v) is 9.45. The molecule has 0 saturated heterocycles. The highest BCUT2D eigenvalue weighted by Gasteiger charge is 2.33. The van der Waals surface area contributed by atoms with Crippen LogP contribution in [0.2, 0.25) is 0 Å². The van der Waals surface area contributed by atoms with Gasteiger partial charge in [-0.1, -0.05) is 97.1 Å².